The molecule has 2 fully saturated rings. The van der Waals surface area contributed by atoms with Crippen molar-refractivity contribution in [3.63, 3.8) is 0 Å². The van der Waals surface area contributed by atoms with Crippen LogP contribution >= 0.6 is 0 Å². The third kappa shape index (κ3) is 7.04. The molecule has 1 aliphatic heterocycles. The summed E-state index contributed by atoms with van der Waals surface area (Å²) in [5, 5.41) is 2.86. The molecule has 0 N–H and O–H groups in total. The predicted molar refractivity (Wildman–Crippen MR) is 258 cm³/mol. The molecule has 11 unspecified atom stereocenters. The Morgan fingerprint density at radius 1 is 0.661 bits per heavy atom. The highest BCUT2D eigenvalue weighted by atomic mass is 16.5. The molecule has 2 nitrogen and oxygen atoms in total. The smallest absolute Gasteiger partial charge is 0.0829 e. The average Bonchev–Trinajstić information content (AvgIpc) is 3.73. The van der Waals surface area contributed by atoms with Gasteiger partial charge in [0.1, 0.15) is 0 Å². The first kappa shape index (κ1) is 39.0. The standard InChI is InChI=1S/C60H65NO/c1-3-14-41(15-4-1)50-24-11-19-44-20-12-25-51(59(44)50)43-30-35-48(36-31-43)61(57-39-46-18-7-8-21-49(46)53-22-9-10-23-54(53)57)47-33-28-40(29-34-47)45-32-37-58-56(38-45)55-27-13-26-52(60(55)62-58)42-16-5-2-6-17-42/h2-3,5-6,8-10,12,14-16,21-23,25-26,28-31,33-35,38,42,44,46,48,50-51,55-56,58-60H,1,4,7,11,13,17-20,24,27,32,36-37,39H2. The fourth-order valence-electron chi connectivity index (χ4n) is 14.2. The van der Waals surface area contributed by atoms with E-state index in [4.69, 9.17) is 4.74 Å². The zero-order valence-corrected chi connectivity index (χ0v) is 36.7. The number of fused-ring (bicyclic) bond motifs is 6. The van der Waals surface area contributed by atoms with Crippen molar-refractivity contribution in [3.8, 4) is 0 Å². The minimum atomic E-state index is 0.271. The summed E-state index contributed by atoms with van der Waals surface area (Å²) < 4.78 is 6.97. The van der Waals surface area contributed by atoms with Gasteiger partial charge in [-0.25, -0.2) is 0 Å². The largest absolute Gasteiger partial charge is 0.370 e. The van der Waals surface area contributed by atoms with Gasteiger partial charge in [-0.1, -0.05) is 140 Å². The number of hydrogen-bond donors (Lipinski definition) is 0. The van der Waals surface area contributed by atoms with E-state index >= 15 is 0 Å². The third-order valence-corrected chi connectivity index (χ3v) is 17.1. The van der Waals surface area contributed by atoms with Crippen LogP contribution in [-0.2, 0) is 4.74 Å². The molecular formula is C60H65NO. The fraction of sp³-hybridized carbons (Fsp3) is 0.433. The third-order valence-electron chi connectivity index (χ3n) is 17.1. The molecule has 2 aromatic rings. The number of allylic oxidation sites excluding steroid dienone is 16. The topological polar surface area (TPSA) is 12.5 Å². The number of anilines is 1. The van der Waals surface area contributed by atoms with Gasteiger partial charge in [-0.3, -0.25) is 0 Å². The Bertz CT molecular complexity index is 2510. The quantitative estimate of drug-likeness (QED) is 0.258. The van der Waals surface area contributed by atoms with Gasteiger partial charge in [-0.2, -0.15) is 0 Å². The van der Waals surface area contributed by atoms with Crippen LogP contribution in [0.1, 0.15) is 102 Å². The number of hydrogen-bond acceptors (Lipinski definition) is 2. The zero-order chi connectivity index (χ0) is 41.0. The highest BCUT2D eigenvalue weighted by Crippen LogP contribution is 2.52. The lowest BCUT2D eigenvalue weighted by atomic mass is 9.59. The summed E-state index contributed by atoms with van der Waals surface area (Å²) in [6, 6.07) is 19.4. The van der Waals surface area contributed by atoms with Crippen LogP contribution in [0, 0.1) is 47.3 Å². The highest BCUT2D eigenvalue weighted by molar-refractivity contribution is 5.77. The van der Waals surface area contributed by atoms with Crippen LogP contribution < -0.4 is 15.3 Å². The lowest BCUT2D eigenvalue weighted by Gasteiger charge is -2.46. The monoisotopic (exact) mass is 816 g/mol. The van der Waals surface area contributed by atoms with Crippen molar-refractivity contribution < 1.29 is 4.74 Å². The minimum absolute atomic E-state index is 0.271. The maximum absolute atomic E-state index is 6.97. The molecule has 9 aliphatic carbocycles. The van der Waals surface area contributed by atoms with Gasteiger partial charge in [0, 0.05) is 34.4 Å². The van der Waals surface area contributed by atoms with Crippen LogP contribution in [0.15, 0.2) is 162 Å². The first-order valence-corrected chi connectivity index (χ1v) is 24.9. The Hall–Kier alpha value is -4.66. The molecule has 0 bridgehead atoms. The summed E-state index contributed by atoms with van der Waals surface area (Å²) in [5.41, 5.74) is 12.1. The van der Waals surface area contributed by atoms with Gasteiger partial charge in [-0.15, -0.1) is 0 Å². The summed E-state index contributed by atoms with van der Waals surface area (Å²) in [4.78, 5) is 2.77. The molecule has 12 rings (SSSR count). The van der Waals surface area contributed by atoms with E-state index in [1.807, 2.05) is 0 Å². The van der Waals surface area contributed by atoms with Gasteiger partial charge in [0.05, 0.1) is 18.2 Å². The second kappa shape index (κ2) is 16.8. The van der Waals surface area contributed by atoms with E-state index in [9.17, 15) is 0 Å². The van der Waals surface area contributed by atoms with Crippen molar-refractivity contribution >= 4 is 22.5 Å². The molecule has 0 aromatic heterocycles. The molecular weight excluding hydrogens is 751 g/mol. The van der Waals surface area contributed by atoms with E-state index < -0.39 is 0 Å². The number of ether oxygens (including phenoxy) is 1. The summed E-state index contributed by atoms with van der Waals surface area (Å²) in [6.45, 7) is 0. The molecule has 11 atom stereocenters. The lowest BCUT2D eigenvalue weighted by Crippen LogP contribution is -2.44. The lowest BCUT2D eigenvalue weighted by molar-refractivity contribution is 0.0398. The maximum atomic E-state index is 6.97. The van der Waals surface area contributed by atoms with E-state index in [1.54, 1.807) is 22.3 Å². The molecule has 316 valence electrons. The summed E-state index contributed by atoms with van der Waals surface area (Å²) in [6.07, 6.45) is 58.4. The van der Waals surface area contributed by atoms with Crippen LogP contribution in [0.3, 0.4) is 0 Å². The SMILES string of the molecule is C1=CCC(C2=CCCC3C2OC2CCC(c4ccc(N(C5=c6ccccc6=C6C=CCCC6C5)C5C=CC(C6C=CCC7CCCC(C8=CCCC=C8)C76)=CC5)cc4)=CC23)C=C1. The van der Waals surface area contributed by atoms with Gasteiger partial charge in [0.2, 0.25) is 0 Å². The molecule has 1 saturated carbocycles. The number of benzene rings is 2. The van der Waals surface area contributed by atoms with Gasteiger partial charge in [-0.05, 0) is 170 Å². The second-order valence-corrected chi connectivity index (χ2v) is 20.4. The average molecular weight is 816 g/mol. The molecule has 0 spiro atoms. The summed E-state index contributed by atoms with van der Waals surface area (Å²) in [5.74, 6) is 4.89. The first-order chi connectivity index (χ1) is 30.7. The van der Waals surface area contributed by atoms with E-state index in [1.165, 1.54) is 97.2 Å². The highest BCUT2D eigenvalue weighted by Gasteiger charge is 2.48. The van der Waals surface area contributed by atoms with Crippen LogP contribution in [0.4, 0.5) is 5.69 Å². The number of rotatable bonds is 7. The Morgan fingerprint density at radius 3 is 2.44 bits per heavy atom. The van der Waals surface area contributed by atoms with E-state index in [0.29, 0.717) is 47.5 Å². The minimum Gasteiger partial charge on any atom is -0.370 e. The van der Waals surface area contributed by atoms with Crippen LogP contribution in [0.2, 0.25) is 0 Å². The molecule has 1 saturated heterocycles. The Balaban J connectivity index is 0.862. The zero-order valence-electron chi connectivity index (χ0n) is 36.7. The van der Waals surface area contributed by atoms with Crippen LogP contribution in [-0.4, -0.2) is 18.2 Å². The van der Waals surface area contributed by atoms with E-state index in [-0.39, 0.29) is 12.1 Å². The van der Waals surface area contributed by atoms with Gasteiger partial charge < -0.3 is 9.64 Å². The van der Waals surface area contributed by atoms with Crippen molar-refractivity contribution in [1.29, 1.82) is 0 Å². The van der Waals surface area contributed by atoms with Gasteiger partial charge in [0.25, 0.3) is 0 Å². The summed E-state index contributed by atoms with van der Waals surface area (Å²) in [7, 11) is 0. The maximum Gasteiger partial charge on any atom is 0.0829 e. The normalized spacial score (nSPS) is 35.5. The van der Waals surface area contributed by atoms with E-state index in [0.717, 1.165) is 38.0 Å². The van der Waals surface area contributed by atoms with E-state index in [2.05, 4.69) is 151 Å². The molecule has 0 amide bonds. The predicted octanol–water partition coefficient (Wildman–Crippen LogP) is 13.0. The number of nitrogens with zero attached hydrogens (tertiary/aromatic N) is 1. The van der Waals surface area contributed by atoms with Crippen molar-refractivity contribution in [2.24, 2.45) is 47.3 Å². The van der Waals surface area contributed by atoms with Crippen molar-refractivity contribution in [2.45, 2.75) is 115 Å². The van der Waals surface area contributed by atoms with Crippen molar-refractivity contribution in [2.75, 3.05) is 4.90 Å². The van der Waals surface area contributed by atoms with Crippen LogP contribution in [0.5, 0.6) is 0 Å². The van der Waals surface area contributed by atoms with Crippen molar-refractivity contribution in [3.05, 3.63) is 178 Å². The fourth-order valence-corrected chi connectivity index (χ4v) is 14.2. The van der Waals surface area contributed by atoms with Crippen molar-refractivity contribution in [1.82, 2.24) is 0 Å². The summed E-state index contributed by atoms with van der Waals surface area (Å²) >= 11 is 0. The molecule has 62 heavy (non-hydrogen) atoms. The van der Waals surface area contributed by atoms with Gasteiger partial charge >= 0.3 is 0 Å². The molecule has 10 aliphatic rings. The first-order valence-electron chi connectivity index (χ1n) is 24.9. The van der Waals surface area contributed by atoms with Gasteiger partial charge in [0.15, 0.2) is 0 Å². The Labute approximate surface area is 371 Å². The molecule has 2 heteroatoms. The van der Waals surface area contributed by atoms with Crippen LogP contribution in [0.25, 0.3) is 16.8 Å². The molecule has 0 radical (unpaired) electrons. The Kier molecular flexibility index (Phi) is 10.6. The Morgan fingerprint density at radius 2 is 1.58 bits per heavy atom. The molecule has 2 aromatic carbocycles. The second-order valence-electron chi connectivity index (χ2n) is 20.4. The molecule has 1 heterocycles.